The SMILES string of the molecule is O=C(C1CSCN1)N1CCCC1c1cccnc1. The van der Waals surface area contributed by atoms with E-state index in [-0.39, 0.29) is 18.0 Å². The van der Waals surface area contributed by atoms with Crippen molar-refractivity contribution in [1.29, 1.82) is 0 Å². The zero-order valence-electron chi connectivity index (χ0n) is 10.2. The Kier molecular flexibility index (Phi) is 3.52. The second-order valence-corrected chi connectivity index (χ2v) is 5.78. The van der Waals surface area contributed by atoms with Crippen LogP contribution in [0.25, 0.3) is 0 Å². The van der Waals surface area contributed by atoms with Crippen molar-refractivity contribution in [3.63, 3.8) is 0 Å². The quantitative estimate of drug-likeness (QED) is 0.876. The van der Waals surface area contributed by atoms with Gasteiger partial charge in [0.05, 0.1) is 12.1 Å². The van der Waals surface area contributed by atoms with Crippen LogP contribution in [0.1, 0.15) is 24.4 Å². The largest absolute Gasteiger partial charge is 0.334 e. The zero-order chi connectivity index (χ0) is 12.4. The predicted octanol–water partition coefficient (Wildman–Crippen LogP) is 1.41. The van der Waals surface area contributed by atoms with E-state index in [0.717, 1.165) is 36.6 Å². The molecule has 5 heteroatoms. The van der Waals surface area contributed by atoms with Gasteiger partial charge in [0.2, 0.25) is 5.91 Å². The van der Waals surface area contributed by atoms with Crippen LogP contribution in [-0.4, -0.2) is 40.0 Å². The molecule has 3 rings (SSSR count). The normalized spacial score (nSPS) is 27.7. The lowest BCUT2D eigenvalue weighted by Crippen LogP contribution is -2.44. The highest BCUT2D eigenvalue weighted by Crippen LogP contribution is 2.32. The molecular formula is C13H17N3OS. The lowest BCUT2D eigenvalue weighted by Gasteiger charge is -2.27. The molecule has 2 fully saturated rings. The molecule has 0 saturated carbocycles. The molecule has 0 bridgehead atoms. The van der Waals surface area contributed by atoms with Gasteiger partial charge in [-0.05, 0) is 24.5 Å². The number of likely N-dealkylation sites (tertiary alicyclic amines) is 1. The first-order valence-electron chi connectivity index (χ1n) is 6.38. The Balaban J connectivity index is 1.77. The summed E-state index contributed by atoms with van der Waals surface area (Å²) in [5.41, 5.74) is 1.16. The number of rotatable bonds is 2. The third kappa shape index (κ3) is 2.24. The first-order chi connectivity index (χ1) is 8.86. The van der Waals surface area contributed by atoms with Gasteiger partial charge in [0, 0.05) is 30.6 Å². The Morgan fingerprint density at radius 2 is 2.50 bits per heavy atom. The van der Waals surface area contributed by atoms with Gasteiger partial charge in [-0.1, -0.05) is 6.07 Å². The third-order valence-corrected chi connectivity index (χ3v) is 4.56. The van der Waals surface area contributed by atoms with E-state index in [9.17, 15) is 4.79 Å². The van der Waals surface area contributed by atoms with Crippen LogP contribution >= 0.6 is 11.8 Å². The highest BCUT2D eigenvalue weighted by molar-refractivity contribution is 7.99. The molecule has 2 atom stereocenters. The smallest absolute Gasteiger partial charge is 0.241 e. The second kappa shape index (κ2) is 5.28. The van der Waals surface area contributed by atoms with Crippen LogP contribution in [0.2, 0.25) is 0 Å². The molecular weight excluding hydrogens is 246 g/mol. The van der Waals surface area contributed by atoms with Crippen molar-refractivity contribution in [2.45, 2.75) is 24.9 Å². The first kappa shape index (κ1) is 12.0. The summed E-state index contributed by atoms with van der Waals surface area (Å²) in [6, 6.07) is 4.24. The number of thioether (sulfide) groups is 1. The van der Waals surface area contributed by atoms with Gasteiger partial charge in [0.15, 0.2) is 0 Å². The number of hydrogen-bond acceptors (Lipinski definition) is 4. The van der Waals surface area contributed by atoms with E-state index in [1.54, 1.807) is 18.0 Å². The van der Waals surface area contributed by atoms with Crippen LogP contribution in [0.15, 0.2) is 24.5 Å². The molecule has 2 aliphatic heterocycles. The molecule has 3 heterocycles. The fourth-order valence-electron chi connectivity index (χ4n) is 2.70. The molecule has 96 valence electrons. The summed E-state index contributed by atoms with van der Waals surface area (Å²) in [5, 5.41) is 3.26. The maximum Gasteiger partial charge on any atom is 0.241 e. The lowest BCUT2D eigenvalue weighted by atomic mass is 10.1. The standard InChI is InChI=1S/C13H17N3OS/c17-13(11-8-18-9-15-11)16-6-2-4-12(16)10-3-1-5-14-7-10/h1,3,5,7,11-12,15H,2,4,6,8-9H2. The van der Waals surface area contributed by atoms with Gasteiger partial charge < -0.3 is 4.90 Å². The molecule has 2 saturated heterocycles. The number of pyridine rings is 1. The predicted molar refractivity (Wildman–Crippen MR) is 72.2 cm³/mol. The van der Waals surface area contributed by atoms with Gasteiger partial charge in [0.1, 0.15) is 0 Å². The average molecular weight is 263 g/mol. The van der Waals surface area contributed by atoms with E-state index in [1.165, 1.54) is 0 Å². The fourth-order valence-corrected chi connectivity index (χ4v) is 3.64. The van der Waals surface area contributed by atoms with Gasteiger partial charge in [-0.2, -0.15) is 0 Å². The molecule has 0 aromatic carbocycles. The first-order valence-corrected chi connectivity index (χ1v) is 7.53. The van der Waals surface area contributed by atoms with Gasteiger partial charge >= 0.3 is 0 Å². The topological polar surface area (TPSA) is 45.2 Å². The molecule has 2 unspecified atom stereocenters. The van der Waals surface area contributed by atoms with E-state index in [0.29, 0.717) is 0 Å². The summed E-state index contributed by atoms with van der Waals surface area (Å²) < 4.78 is 0. The number of aromatic nitrogens is 1. The molecule has 1 N–H and O–H groups in total. The van der Waals surface area contributed by atoms with Crippen molar-refractivity contribution in [2.24, 2.45) is 0 Å². The summed E-state index contributed by atoms with van der Waals surface area (Å²) in [4.78, 5) is 18.7. The molecule has 2 aliphatic rings. The number of amides is 1. The number of nitrogens with zero attached hydrogens (tertiary/aromatic N) is 2. The maximum atomic E-state index is 12.5. The Bertz CT molecular complexity index is 420. The van der Waals surface area contributed by atoms with Crippen molar-refractivity contribution >= 4 is 17.7 Å². The summed E-state index contributed by atoms with van der Waals surface area (Å²) in [7, 11) is 0. The summed E-state index contributed by atoms with van der Waals surface area (Å²) in [6.07, 6.45) is 5.80. The Morgan fingerprint density at radius 3 is 3.22 bits per heavy atom. The van der Waals surface area contributed by atoms with Gasteiger partial charge in [-0.15, -0.1) is 11.8 Å². The Morgan fingerprint density at radius 1 is 1.56 bits per heavy atom. The molecule has 1 aromatic rings. The number of nitrogens with one attached hydrogen (secondary N) is 1. The Labute approximate surface area is 111 Å². The molecule has 4 nitrogen and oxygen atoms in total. The van der Waals surface area contributed by atoms with E-state index in [1.807, 2.05) is 17.2 Å². The monoisotopic (exact) mass is 263 g/mol. The van der Waals surface area contributed by atoms with Crippen molar-refractivity contribution in [1.82, 2.24) is 15.2 Å². The third-order valence-electron chi connectivity index (χ3n) is 3.62. The van der Waals surface area contributed by atoms with Gasteiger partial charge in [-0.25, -0.2) is 0 Å². The lowest BCUT2D eigenvalue weighted by molar-refractivity contribution is -0.133. The number of carbonyl (C=O) groups excluding carboxylic acids is 1. The summed E-state index contributed by atoms with van der Waals surface area (Å²) in [6.45, 7) is 0.876. The molecule has 18 heavy (non-hydrogen) atoms. The van der Waals surface area contributed by atoms with E-state index in [2.05, 4.69) is 16.4 Å². The minimum atomic E-state index is 0.00673. The zero-order valence-corrected chi connectivity index (χ0v) is 11.0. The van der Waals surface area contributed by atoms with E-state index >= 15 is 0 Å². The highest BCUT2D eigenvalue weighted by Gasteiger charge is 2.35. The Hall–Kier alpha value is -1.07. The van der Waals surface area contributed by atoms with Crippen LogP contribution < -0.4 is 5.32 Å². The van der Waals surface area contributed by atoms with Crippen molar-refractivity contribution < 1.29 is 4.79 Å². The number of hydrogen-bond donors (Lipinski definition) is 1. The molecule has 0 spiro atoms. The molecule has 1 amide bonds. The summed E-state index contributed by atoms with van der Waals surface area (Å²) in [5.74, 6) is 2.04. The van der Waals surface area contributed by atoms with Gasteiger partial charge in [0.25, 0.3) is 0 Å². The average Bonchev–Trinajstić information content (AvgIpc) is 3.10. The van der Waals surface area contributed by atoms with Gasteiger partial charge in [-0.3, -0.25) is 15.1 Å². The van der Waals surface area contributed by atoms with Crippen molar-refractivity contribution in [3.05, 3.63) is 30.1 Å². The van der Waals surface area contributed by atoms with Crippen molar-refractivity contribution in [3.8, 4) is 0 Å². The maximum absolute atomic E-state index is 12.5. The fraction of sp³-hybridized carbons (Fsp3) is 0.538. The van der Waals surface area contributed by atoms with Crippen molar-refractivity contribution in [2.75, 3.05) is 18.2 Å². The van der Waals surface area contributed by atoms with Crippen LogP contribution in [0.3, 0.4) is 0 Å². The van der Waals surface area contributed by atoms with E-state index < -0.39 is 0 Å². The van der Waals surface area contributed by atoms with Crippen LogP contribution in [0.5, 0.6) is 0 Å². The second-order valence-electron chi connectivity index (χ2n) is 4.75. The molecule has 0 radical (unpaired) electrons. The van der Waals surface area contributed by atoms with E-state index in [4.69, 9.17) is 0 Å². The molecule has 0 aliphatic carbocycles. The number of carbonyl (C=O) groups is 1. The minimum absolute atomic E-state index is 0.00673. The van der Waals surface area contributed by atoms with Crippen LogP contribution in [-0.2, 0) is 4.79 Å². The van der Waals surface area contributed by atoms with Crippen LogP contribution in [0, 0.1) is 0 Å². The summed E-state index contributed by atoms with van der Waals surface area (Å²) >= 11 is 1.80. The van der Waals surface area contributed by atoms with Crippen LogP contribution in [0.4, 0.5) is 0 Å². The molecule has 1 aromatic heterocycles. The minimum Gasteiger partial charge on any atom is -0.334 e. The highest BCUT2D eigenvalue weighted by atomic mass is 32.2.